The van der Waals surface area contributed by atoms with Crippen molar-refractivity contribution in [1.82, 2.24) is 4.90 Å². The summed E-state index contributed by atoms with van der Waals surface area (Å²) in [4.78, 5) is 2.11. The molecule has 0 aromatic carbocycles. The van der Waals surface area contributed by atoms with E-state index in [9.17, 15) is 0 Å². The lowest BCUT2D eigenvalue weighted by atomic mass is 9.95. The van der Waals surface area contributed by atoms with Crippen LogP contribution in [0.2, 0.25) is 0 Å². The van der Waals surface area contributed by atoms with E-state index in [2.05, 4.69) is 18.7 Å². The third-order valence-electron chi connectivity index (χ3n) is 2.70. The van der Waals surface area contributed by atoms with Crippen molar-refractivity contribution in [2.45, 2.75) is 38.8 Å². The molecule has 0 aromatic rings. The van der Waals surface area contributed by atoms with Crippen LogP contribution in [0.4, 0.5) is 0 Å². The molecule has 0 saturated carbocycles. The largest absolute Gasteiger partial charge is 0.394 e. The van der Waals surface area contributed by atoms with E-state index in [1.54, 1.807) is 0 Å². The first-order valence-electron chi connectivity index (χ1n) is 4.33. The summed E-state index contributed by atoms with van der Waals surface area (Å²) in [6.07, 6.45) is 0. The molecule has 0 aromatic heterocycles. The van der Waals surface area contributed by atoms with Crippen LogP contribution in [-0.4, -0.2) is 41.3 Å². The molecule has 0 amide bonds. The number of hydrogen-bond acceptors (Lipinski definition) is 3. The number of nitrogens with zero attached hydrogens (tertiary/aromatic N) is 1. The van der Waals surface area contributed by atoms with Crippen molar-refractivity contribution in [3.63, 3.8) is 0 Å². The second kappa shape index (κ2) is 3.73. The second-order valence-corrected chi connectivity index (χ2v) is 4.55. The third kappa shape index (κ3) is 2.44. The van der Waals surface area contributed by atoms with Crippen molar-refractivity contribution in [2.24, 2.45) is 5.73 Å². The minimum atomic E-state index is -0.205. The Hall–Kier alpha value is -0.120. The van der Waals surface area contributed by atoms with Crippen LogP contribution in [0.5, 0.6) is 0 Å². The second-order valence-electron chi connectivity index (χ2n) is 4.55. The summed E-state index contributed by atoms with van der Waals surface area (Å²) < 4.78 is 0. The number of aliphatic hydroxyl groups is 1. The maximum Gasteiger partial charge on any atom is 0.0610 e. The minimum absolute atomic E-state index is 0.0633. The number of hydrogen-bond donors (Lipinski definition) is 2. The molecular formula is C9H22N2O. The van der Waals surface area contributed by atoms with Gasteiger partial charge in [0.25, 0.3) is 0 Å². The Morgan fingerprint density at radius 3 is 1.83 bits per heavy atom. The number of likely N-dealkylation sites (N-methyl/N-ethyl adjacent to an activating group) is 1. The van der Waals surface area contributed by atoms with Crippen LogP contribution >= 0.6 is 0 Å². The van der Waals surface area contributed by atoms with Gasteiger partial charge in [0.05, 0.1) is 6.61 Å². The Kier molecular flexibility index (Phi) is 3.69. The van der Waals surface area contributed by atoms with Gasteiger partial charge in [0.15, 0.2) is 0 Å². The Morgan fingerprint density at radius 2 is 1.58 bits per heavy atom. The summed E-state index contributed by atoms with van der Waals surface area (Å²) >= 11 is 0. The predicted octanol–water partition coefficient (Wildman–Crippen LogP) is 0.426. The van der Waals surface area contributed by atoms with Crippen molar-refractivity contribution in [1.29, 1.82) is 0 Å². The zero-order valence-electron chi connectivity index (χ0n) is 8.89. The Balaban J connectivity index is 4.47. The Morgan fingerprint density at radius 1 is 1.17 bits per heavy atom. The molecule has 0 unspecified atom stereocenters. The highest BCUT2D eigenvalue weighted by molar-refractivity contribution is 4.90. The molecule has 3 heteroatoms. The van der Waals surface area contributed by atoms with E-state index in [4.69, 9.17) is 10.8 Å². The third-order valence-corrected chi connectivity index (χ3v) is 2.70. The van der Waals surface area contributed by atoms with Gasteiger partial charge in [-0.3, -0.25) is 4.90 Å². The van der Waals surface area contributed by atoms with E-state index < -0.39 is 0 Å². The van der Waals surface area contributed by atoms with Crippen molar-refractivity contribution in [2.75, 3.05) is 20.2 Å². The molecule has 0 saturated heterocycles. The molecule has 3 nitrogen and oxygen atoms in total. The number of aliphatic hydroxyl groups excluding tert-OH is 1. The average molecular weight is 174 g/mol. The highest BCUT2D eigenvalue weighted by Crippen LogP contribution is 2.21. The monoisotopic (exact) mass is 174 g/mol. The standard InChI is InChI=1S/C9H22N2O/c1-8(2,6-10)11(5)9(3,4)7-12/h12H,6-7,10H2,1-5H3. The molecule has 3 N–H and O–H groups in total. The first-order valence-corrected chi connectivity index (χ1v) is 4.33. The molecule has 0 radical (unpaired) electrons. The fraction of sp³-hybridized carbons (Fsp3) is 1.00. The highest BCUT2D eigenvalue weighted by Gasteiger charge is 2.33. The lowest BCUT2D eigenvalue weighted by molar-refractivity contribution is 0.00999. The molecule has 0 aliphatic rings. The molecule has 0 spiro atoms. The fourth-order valence-corrected chi connectivity index (χ4v) is 1.06. The zero-order valence-corrected chi connectivity index (χ0v) is 8.89. The van der Waals surface area contributed by atoms with Crippen molar-refractivity contribution < 1.29 is 5.11 Å². The zero-order chi connectivity index (χ0) is 9.99. The predicted molar refractivity (Wildman–Crippen MR) is 52.1 cm³/mol. The van der Waals surface area contributed by atoms with Gasteiger partial charge < -0.3 is 10.8 Å². The molecule has 0 heterocycles. The van der Waals surface area contributed by atoms with Crippen LogP contribution in [0.3, 0.4) is 0 Å². The van der Waals surface area contributed by atoms with Crippen molar-refractivity contribution in [3.8, 4) is 0 Å². The first kappa shape index (κ1) is 11.9. The van der Waals surface area contributed by atoms with E-state index >= 15 is 0 Å². The van der Waals surface area contributed by atoms with Crippen LogP contribution in [0.25, 0.3) is 0 Å². The van der Waals surface area contributed by atoms with E-state index in [1.165, 1.54) is 0 Å². The molecule has 0 atom stereocenters. The van der Waals surface area contributed by atoms with Gasteiger partial charge in [-0.2, -0.15) is 0 Å². The summed E-state index contributed by atoms with van der Waals surface area (Å²) in [6.45, 7) is 8.89. The van der Waals surface area contributed by atoms with Gasteiger partial charge in [0.2, 0.25) is 0 Å². The first-order chi connectivity index (χ1) is 5.28. The van der Waals surface area contributed by atoms with Crippen LogP contribution in [0, 0.1) is 0 Å². The molecule has 12 heavy (non-hydrogen) atoms. The number of nitrogens with two attached hydrogens (primary N) is 1. The highest BCUT2D eigenvalue weighted by atomic mass is 16.3. The maximum absolute atomic E-state index is 9.14. The lowest BCUT2D eigenvalue weighted by Gasteiger charge is -2.44. The van der Waals surface area contributed by atoms with Gasteiger partial charge in [-0.1, -0.05) is 0 Å². The van der Waals surface area contributed by atoms with E-state index in [0.717, 1.165) is 0 Å². The van der Waals surface area contributed by atoms with Gasteiger partial charge in [0, 0.05) is 17.6 Å². The van der Waals surface area contributed by atoms with Crippen LogP contribution in [-0.2, 0) is 0 Å². The average Bonchev–Trinajstić information content (AvgIpc) is 2.03. The van der Waals surface area contributed by atoms with E-state index in [-0.39, 0.29) is 17.7 Å². The maximum atomic E-state index is 9.14. The van der Waals surface area contributed by atoms with Gasteiger partial charge in [-0.15, -0.1) is 0 Å². The minimum Gasteiger partial charge on any atom is -0.394 e. The van der Waals surface area contributed by atoms with Gasteiger partial charge in [-0.05, 0) is 34.7 Å². The quantitative estimate of drug-likeness (QED) is 0.649. The number of rotatable bonds is 4. The molecule has 0 rings (SSSR count). The summed E-state index contributed by atoms with van der Waals surface area (Å²) in [5.41, 5.74) is 5.37. The summed E-state index contributed by atoms with van der Waals surface area (Å²) in [5.74, 6) is 0. The fourth-order valence-electron chi connectivity index (χ4n) is 1.06. The Bertz CT molecular complexity index is 127. The van der Waals surface area contributed by atoms with Crippen molar-refractivity contribution in [3.05, 3.63) is 0 Å². The normalized spacial score (nSPS) is 14.0. The summed E-state index contributed by atoms with van der Waals surface area (Å²) in [6, 6.07) is 0. The summed E-state index contributed by atoms with van der Waals surface area (Å²) in [7, 11) is 1.99. The van der Waals surface area contributed by atoms with Gasteiger partial charge >= 0.3 is 0 Å². The topological polar surface area (TPSA) is 49.5 Å². The van der Waals surface area contributed by atoms with Gasteiger partial charge in [-0.25, -0.2) is 0 Å². The smallest absolute Gasteiger partial charge is 0.0610 e. The van der Waals surface area contributed by atoms with Crippen LogP contribution in [0.1, 0.15) is 27.7 Å². The van der Waals surface area contributed by atoms with E-state index in [1.807, 2.05) is 20.9 Å². The Labute approximate surface area is 75.6 Å². The van der Waals surface area contributed by atoms with E-state index in [0.29, 0.717) is 6.54 Å². The van der Waals surface area contributed by atoms with Crippen LogP contribution < -0.4 is 5.73 Å². The molecule has 0 bridgehead atoms. The molecule has 74 valence electrons. The lowest BCUT2D eigenvalue weighted by Crippen LogP contribution is -2.58. The molecular weight excluding hydrogens is 152 g/mol. The molecule has 0 aliphatic heterocycles. The molecule has 0 aliphatic carbocycles. The SMILES string of the molecule is CN(C(C)(C)CN)C(C)(C)CO. The van der Waals surface area contributed by atoms with Crippen molar-refractivity contribution >= 4 is 0 Å². The van der Waals surface area contributed by atoms with Crippen LogP contribution in [0.15, 0.2) is 0 Å². The van der Waals surface area contributed by atoms with Gasteiger partial charge in [0.1, 0.15) is 0 Å². The molecule has 0 fully saturated rings. The summed E-state index contributed by atoms with van der Waals surface area (Å²) in [5, 5.41) is 9.14.